The largest absolute Gasteiger partial charge is 0.316 e. The molecule has 20 heavy (non-hydrogen) atoms. The van der Waals surface area contributed by atoms with E-state index in [0.717, 1.165) is 22.2 Å². The predicted octanol–water partition coefficient (Wildman–Crippen LogP) is 3.96. The molecule has 3 rings (SSSR count). The molecule has 1 aromatic carbocycles. The first kappa shape index (κ1) is 12.7. The number of aromatic nitrogens is 3. The third kappa shape index (κ3) is 2.67. The highest BCUT2D eigenvalue weighted by atomic mass is 32.1. The first-order chi connectivity index (χ1) is 9.72. The van der Waals surface area contributed by atoms with E-state index < -0.39 is 0 Å². The van der Waals surface area contributed by atoms with Crippen molar-refractivity contribution in [3.05, 3.63) is 53.3 Å². The molecule has 0 saturated carbocycles. The number of hydrogen-bond donors (Lipinski definition) is 1. The molecule has 0 fully saturated rings. The Morgan fingerprint density at radius 3 is 2.75 bits per heavy atom. The normalized spacial score (nSPS) is 10.5. The van der Waals surface area contributed by atoms with Crippen LogP contribution in [0.15, 0.2) is 42.2 Å². The van der Waals surface area contributed by atoms with Gasteiger partial charge in [-0.1, -0.05) is 12.1 Å². The Kier molecular flexibility index (Phi) is 3.43. The monoisotopic (exact) mass is 282 g/mol. The highest BCUT2D eigenvalue weighted by Gasteiger charge is 2.06. The maximum Gasteiger partial charge on any atom is 0.188 e. The van der Waals surface area contributed by atoms with Gasteiger partial charge in [0.2, 0.25) is 0 Å². The highest BCUT2D eigenvalue weighted by Crippen LogP contribution is 2.27. The van der Waals surface area contributed by atoms with Crippen molar-refractivity contribution in [3.63, 3.8) is 0 Å². The van der Waals surface area contributed by atoms with E-state index in [2.05, 4.69) is 52.3 Å². The topological polar surface area (TPSA) is 50.7 Å². The summed E-state index contributed by atoms with van der Waals surface area (Å²) in [4.78, 5) is 12.6. The van der Waals surface area contributed by atoms with Gasteiger partial charge < -0.3 is 5.32 Å². The molecular formula is C15H14N4S. The van der Waals surface area contributed by atoms with Gasteiger partial charge in [0.25, 0.3) is 0 Å². The molecule has 2 aromatic heterocycles. The Balaban J connectivity index is 1.84. The van der Waals surface area contributed by atoms with Crippen molar-refractivity contribution in [1.82, 2.24) is 15.0 Å². The molecule has 0 radical (unpaired) electrons. The summed E-state index contributed by atoms with van der Waals surface area (Å²) in [6.45, 7) is 4.23. The lowest BCUT2D eigenvalue weighted by Gasteiger charge is -2.02. The molecule has 0 bridgehead atoms. The predicted molar refractivity (Wildman–Crippen MR) is 82.3 cm³/mol. The molecule has 0 aliphatic rings. The van der Waals surface area contributed by atoms with Crippen molar-refractivity contribution in [1.29, 1.82) is 0 Å². The number of nitrogens with zero attached hydrogens (tertiary/aromatic N) is 3. The Labute approximate surface area is 121 Å². The maximum atomic E-state index is 4.59. The van der Waals surface area contributed by atoms with Gasteiger partial charge in [-0.05, 0) is 37.1 Å². The Morgan fingerprint density at radius 2 is 2.00 bits per heavy atom. The Bertz CT molecular complexity index is 722. The van der Waals surface area contributed by atoms with Crippen molar-refractivity contribution in [2.75, 3.05) is 5.32 Å². The molecule has 0 unspecified atom stereocenters. The summed E-state index contributed by atoms with van der Waals surface area (Å²) in [7, 11) is 0. The second kappa shape index (κ2) is 5.38. The minimum absolute atomic E-state index is 0.751. The van der Waals surface area contributed by atoms with Gasteiger partial charge in [0.05, 0.1) is 5.69 Å². The first-order valence-corrected chi connectivity index (χ1v) is 7.16. The van der Waals surface area contributed by atoms with Crippen molar-refractivity contribution >= 4 is 22.3 Å². The summed E-state index contributed by atoms with van der Waals surface area (Å²) in [6, 6.07) is 8.21. The van der Waals surface area contributed by atoms with Gasteiger partial charge in [-0.2, -0.15) is 0 Å². The zero-order valence-corrected chi connectivity index (χ0v) is 12.1. The average Bonchev–Trinajstić information content (AvgIpc) is 2.91. The number of benzene rings is 1. The zero-order valence-electron chi connectivity index (χ0n) is 11.3. The van der Waals surface area contributed by atoms with Crippen LogP contribution in [0.5, 0.6) is 0 Å². The van der Waals surface area contributed by atoms with Crippen LogP contribution >= 0.6 is 11.3 Å². The second-order valence-corrected chi connectivity index (χ2v) is 5.41. The fourth-order valence-electron chi connectivity index (χ4n) is 1.84. The molecule has 4 nitrogen and oxygen atoms in total. The molecule has 0 atom stereocenters. The van der Waals surface area contributed by atoms with Crippen molar-refractivity contribution in [2.24, 2.45) is 0 Å². The van der Waals surface area contributed by atoms with Crippen molar-refractivity contribution in [2.45, 2.75) is 13.8 Å². The van der Waals surface area contributed by atoms with E-state index in [4.69, 9.17) is 0 Å². The summed E-state index contributed by atoms with van der Waals surface area (Å²) in [5.41, 5.74) is 4.69. The number of rotatable bonds is 3. The molecule has 0 aliphatic heterocycles. The van der Waals surface area contributed by atoms with Gasteiger partial charge in [0.15, 0.2) is 5.13 Å². The van der Waals surface area contributed by atoms with Crippen LogP contribution in [-0.4, -0.2) is 15.0 Å². The molecule has 0 saturated heterocycles. The number of thiazole rings is 1. The van der Waals surface area contributed by atoms with Gasteiger partial charge in [-0.3, -0.25) is 0 Å². The van der Waals surface area contributed by atoms with Gasteiger partial charge >= 0.3 is 0 Å². The van der Waals surface area contributed by atoms with E-state index in [1.807, 2.05) is 11.4 Å². The van der Waals surface area contributed by atoms with E-state index >= 15 is 0 Å². The van der Waals surface area contributed by atoms with Crippen LogP contribution in [0.4, 0.5) is 10.9 Å². The quantitative estimate of drug-likeness (QED) is 0.790. The SMILES string of the molecule is Cc1ccc(-c2csc(Nc3ccncn3)n2)cc1C. The standard InChI is InChI=1S/C15H14N4S/c1-10-3-4-12(7-11(10)2)13-8-20-15(18-13)19-14-5-6-16-9-17-14/h3-9H,1-2H3,(H,16,17,18,19). The first-order valence-electron chi connectivity index (χ1n) is 6.28. The van der Waals surface area contributed by atoms with E-state index in [1.54, 1.807) is 17.5 Å². The van der Waals surface area contributed by atoms with Gasteiger partial charge in [0.1, 0.15) is 12.1 Å². The number of hydrogen-bond acceptors (Lipinski definition) is 5. The fraction of sp³-hybridized carbons (Fsp3) is 0.133. The minimum atomic E-state index is 0.751. The van der Waals surface area contributed by atoms with E-state index in [1.165, 1.54) is 17.5 Å². The van der Waals surface area contributed by atoms with Crippen LogP contribution in [0.1, 0.15) is 11.1 Å². The van der Waals surface area contributed by atoms with Gasteiger partial charge in [-0.15, -0.1) is 11.3 Å². The molecule has 1 N–H and O–H groups in total. The molecule has 3 aromatic rings. The van der Waals surface area contributed by atoms with Crippen LogP contribution in [0, 0.1) is 13.8 Å². The van der Waals surface area contributed by atoms with Gasteiger partial charge in [0, 0.05) is 17.1 Å². The van der Waals surface area contributed by atoms with Crippen molar-refractivity contribution < 1.29 is 0 Å². The summed E-state index contributed by atoms with van der Waals surface area (Å²) in [5.74, 6) is 0.751. The molecular weight excluding hydrogens is 268 g/mol. The van der Waals surface area contributed by atoms with Crippen LogP contribution < -0.4 is 5.32 Å². The number of aryl methyl sites for hydroxylation is 2. The molecule has 0 spiro atoms. The molecule has 5 heteroatoms. The third-order valence-corrected chi connectivity index (χ3v) is 3.88. The van der Waals surface area contributed by atoms with Crippen LogP contribution in [0.2, 0.25) is 0 Å². The van der Waals surface area contributed by atoms with Crippen LogP contribution in [0.25, 0.3) is 11.3 Å². The summed E-state index contributed by atoms with van der Waals surface area (Å²) >= 11 is 1.57. The summed E-state index contributed by atoms with van der Waals surface area (Å²) in [5, 5.41) is 6.06. The van der Waals surface area contributed by atoms with Crippen LogP contribution in [0.3, 0.4) is 0 Å². The average molecular weight is 282 g/mol. The highest BCUT2D eigenvalue weighted by molar-refractivity contribution is 7.14. The number of anilines is 2. The summed E-state index contributed by atoms with van der Waals surface area (Å²) in [6.07, 6.45) is 3.22. The smallest absolute Gasteiger partial charge is 0.188 e. The zero-order chi connectivity index (χ0) is 13.9. The molecule has 100 valence electrons. The van der Waals surface area contributed by atoms with E-state index in [9.17, 15) is 0 Å². The van der Waals surface area contributed by atoms with Crippen LogP contribution in [-0.2, 0) is 0 Å². The van der Waals surface area contributed by atoms with E-state index in [-0.39, 0.29) is 0 Å². The Hall–Kier alpha value is -2.27. The summed E-state index contributed by atoms with van der Waals surface area (Å²) < 4.78 is 0. The Morgan fingerprint density at radius 1 is 1.10 bits per heavy atom. The molecule has 0 aliphatic carbocycles. The van der Waals surface area contributed by atoms with E-state index in [0.29, 0.717) is 0 Å². The number of nitrogens with one attached hydrogen (secondary N) is 1. The fourth-order valence-corrected chi connectivity index (χ4v) is 2.57. The maximum absolute atomic E-state index is 4.59. The lowest BCUT2D eigenvalue weighted by atomic mass is 10.1. The molecule has 2 heterocycles. The lowest BCUT2D eigenvalue weighted by molar-refractivity contribution is 1.16. The minimum Gasteiger partial charge on any atom is -0.316 e. The van der Waals surface area contributed by atoms with Crippen molar-refractivity contribution in [3.8, 4) is 11.3 Å². The molecule has 0 amide bonds. The third-order valence-electron chi connectivity index (χ3n) is 3.12. The second-order valence-electron chi connectivity index (χ2n) is 4.56. The lowest BCUT2D eigenvalue weighted by Crippen LogP contribution is -1.92. The van der Waals surface area contributed by atoms with Gasteiger partial charge in [-0.25, -0.2) is 15.0 Å².